The Morgan fingerprint density at radius 2 is 1.52 bits per heavy atom. The minimum Gasteiger partial charge on any atom is -0.344 e. The van der Waals surface area contributed by atoms with Gasteiger partial charge in [-0.1, -0.05) is 50.0 Å². The van der Waals surface area contributed by atoms with Crippen molar-refractivity contribution in [3.63, 3.8) is 0 Å². The molecule has 0 saturated carbocycles. The van der Waals surface area contributed by atoms with Crippen LogP contribution < -0.4 is 4.90 Å². The number of hydrogen-bond acceptors (Lipinski definition) is 15. The largest absolute Gasteiger partial charge is 0.344 e. The lowest BCUT2D eigenvalue weighted by Gasteiger charge is -2.27. The zero-order chi connectivity index (χ0) is 46.4. The molecule has 1 fully saturated rings. The number of hydrogen-bond donors (Lipinski definition) is 4. The Kier molecular flexibility index (Phi) is 16.0. The van der Waals surface area contributed by atoms with Crippen molar-refractivity contribution in [2.24, 2.45) is 0 Å². The molecule has 3 aliphatic heterocycles. The van der Waals surface area contributed by atoms with Crippen LogP contribution in [0.3, 0.4) is 0 Å². The fourth-order valence-corrected chi connectivity index (χ4v) is 9.99. The second kappa shape index (κ2) is 20.3. The van der Waals surface area contributed by atoms with Gasteiger partial charge in [-0.25, -0.2) is 10.1 Å². The van der Waals surface area contributed by atoms with Crippen molar-refractivity contribution in [3.05, 3.63) is 83.6 Å². The highest BCUT2D eigenvalue weighted by Crippen LogP contribution is 2.49. The van der Waals surface area contributed by atoms with Crippen molar-refractivity contribution in [2.45, 2.75) is 99.2 Å². The summed E-state index contributed by atoms with van der Waals surface area (Å²) in [5.74, 6) is -2.85. The van der Waals surface area contributed by atoms with E-state index in [1.165, 1.54) is 18.2 Å². The number of imide groups is 1. The maximum Gasteiger partial charge on any atom is 0.333 e. The Labute approximate surface area is 370 Å². The van der Waals surface area contributed by atoms with Gasteiger partial charge in [-0.3, -0.25) is 23.2 Å². The van der Waals surface area contributed by atoms with Crippen LogP contribution in [0.25, 0.3) is 0 Å². The Morgan fingerprint density at radius 3 is 2.17 bits per heavy atom. The Bertz CT molecular complexity index is 2550. The van der Waals surface area contributed by atoms with Crippen LogP contribution in [0.1, 0.15) is 89.7 Å². The molecule has 63 heavy (non-hydrogen) atoms. The summed E-state index contributed by atoms with van der Waals surface area (Å²) in [6.07, 6.45) is 11.0. The summed E-state index contributed by atoms with van der Waals surface area (Å²) in [6.45, 7) is 6.04. The molecular formula is C40H50N3O16S4+. The van der Waals surface area contributed by atoms with Crippen molar-refractivity contribution < 1.29 is 77.3 Å². The number of hydroxylamine groups is 2. The van der Waals surface area contributed by atoms with Crippen molar-refractivity contribution in [3.8, 4) is 0 Å². The molecule has 0 aromatic heterocycles. The molecule has 2 aromatic carbocycles. The highest BCUT2D eigenvalue weighted by molar-refractivity contribution is 7.94. The lowest BCUT2D eigenvalue weighted by atomic mass is 9.75. The molecule has 0 aliphatic carbocycles. The number of unbranched alkanes of at least 4 members (excludes halogenated alkanes) is 2. The normalized spacial score (nSPS) is 19.6. The van der Waals surface area contributed by atoms with Crippen molar-refractivity contribution in [1.29, 1.82) is 0 Å². The third-order valence-electron chi connectivity index (χ3n) is 11.1. The zero-order valence-electron chi connectivity index (χ0n) is 34.7. The van der Waals surface area contributed by atoms with Crippen LogP contribution in [-0.4, -0.2) is 102 Å². The van der Waals surface area contributed by atoms with E-state index >= 15 is 0 Å². The summed E-state index contributed by atoms with van der Waals surface area (Å²) < 4.78 is 106. The third kappa shape index (κ3) is 12.5. The minimum absolute atomic E-state index is 0.0184. The van der Waals surface area contributed by atoms with Gasteiger partial charge in [0.2, 0.25) is 5.69 Å². The minimum atomic E-state index is -4.54. The molecular weight excluding hydrogens is 907 g/mol. The predicted octanol–water partition coefficient (Wildman–Crippen LogP) is 5.63. The third-order valence-corrected chi connectivity index (χ3v) is 14.1. The lowest BCUT2D eigenvalue weighted by Crippen LogP contribution is -2.32. The lowest BCUT2D eigenvalue weighted by molar-refractivity contribution is -0.437. The van der Waals surface area contributed by atoms with Gasteiger partial charge in [0.1, 0.15) is 6.54 Å². The van der Waals surface area contributed by atoms with Crippen molar-refractivity contribution in [1.82, 2.24) is 5.06 Å². The van der Waals surface area contributed by atoms with Crippen LogP contribution in [0.2, 0.25) is 0 Å². The highest BCUT2D eigenvalue weighted by atomic mass is 32.2. The van der Waals surface area contributed by atoms with E-state index in [-0.39, 0.29) is 50.1 Å². The van der Waals surface area contributed by atoms with Gasteiger partial charge in [0.15, 0.2) is 5.71 Å². The van der Waals surface area contributed by atoms with E-state index in [0.29, 0.717) is 52.6 Å². The van der Waals surface area contributed by atoms with Gasteiger partial charge in [-0.15, -0.1) is 9.40 Å². The van der Waals surface area contributed by atoms with Crippen LogP contribution in [0.15, 0.2) is 82.3 Å². The standard InChI is InChI=1S/C40H49N3O16S4/c1-39(2)30-27-29(63(54,55)56)16-18-32(30)41(22-10-24-61(48,49)50)34(39)12-6-4-7-13-35-40(3,21-9-5-8-14-38(46)57-43-36(44)19-20-37(43)45)31-26-28(60-59-58-47)15-17-33(31)42(35)23-11-25-62(51,52)53/h4,6-7,12-13,15-18,26-27H,5,8-11,14,19-25H2,1-3H3,(H3-,47,48,49,50,51,52,53,54,55,56)/p+1. The molecule has 5 rings (SSSR count). The van der Waals surface area contributed by atoms with Crippen LogP contribution >= 0.6 is 12.0 Å². The van der Waals surface area contributed by atoms with Crippen LogP contribution in [0.4, 0.5) is 11.4 Å². The molecule has 2 amide bonds. The molecule has 4 N–H and O–H groups in total. The van der Waals surface area contributed by atoms with E-state index in [0.717, 1.165) is 29.0 Å². The summed E-state index contributed by atoms with van der Waals surface area (Å²) in [7, 11) is -13.1. The average Bonchev–Trinajstić information content (AvgIpc) is 3.71. The Hall–Kier alpha value is -4.30. The summed E-state index contributed by atoms with van der Waals surface area (Å²) >= 11 is 0.759. The molecule has 0 radical (unpaired) electrons. The SMILES string of the molecule is CC1(CCCCCC(=O)ON2C(=O)CCC2=O)C(/C=C/C=C/C=C2\N(CCCS(=O)(=O)O)c3ccc(S(=O)(=O)O)cc3C2(C)C)=[N+](CCCS(=O)(=O)O)c2ccc(SOOO)cc21. The molecule has 3 heterocycles. The molecule has 19 nitrogen and oxygen atoms in total. The maximum atomic E-state index is 12.5. The van der Waals surface area contributed by atoms with Gasteiger partial charge in [0.05, 0.1) is 33.9 Å². The van der Waals surface area contributed by atoms with E-state index in [2.05, 4.69) is 5.04 Å². The van der Waals surface area contributed by atoms with Crippen LogP contribution in [0, 0.1) is 0 Å². The number of anilines is 1. The van der Waals surface area contributed by atoms with Gasteiger partial charge in [0, 0.05) is 71.6 Å². The first kappa shape index (κ1) is 49.7. The second-order valence-electron chi connectivity index (χ2n) is 15.9. The van der Waals surface area contributed by atoms with E-state index in [1.54, 1.807) is 30.4 Å². The van der Waals surface area contributed by atoms with Gasteiger partial charge >= 0.3 is 5.97 Å². The number of allylic oxidation sites excluding steroid dienone is 6. The summed E-state index contributed by atoms with van der Waals surface area (Å²) in [6, 6.07) is 9.53. The summed E-state index contributed by atoms with van der Waals surface area (Å²) in [5, 5.41) is 13.1. The van der Waals surface area contributed by atoms with Gasteiger partial charge in [0.25, 0.3) is 42.2 Å². The fraction of sp³-hybridized carbons (Fsp3) is 0.450. The molecule has 344 valence electrons. The first-order chi connectivity index (χ1) is 29.5. The van der Waals surface area contributed by atoms with Crippen LogP contribution in [0.5, 0.6) is 0 Å². The molecule has 0 spiro atoms. The van der Waals surface area contributed by atoms with E-state index in [1.807, 2.05) is 48.5 Å². The van der Waals surface area contributed by atoms with Crippen LogP contribution in [-0.2, 0) is 69.8 Å². The average molecular weight is 957 g/mol. The maximum absolute atomic E-state index is 12.5. The van der Waals surface area contributed by atoms with Crippen molar-refractivity contribution >= 4 is 77.3 Å². The quantitative estimate of drug-likeness (QED) is 0.0163. The predicted molar refractivity (Wildman–Crippen MR) is 230 cm³/mol. The number of carbonyl (C=O) groups is 3. The molecule has 23 heteroatoms. The molecule has 3 aliphatic rings. The molecule has 0 bridgehead atoms. The molecule has 1 saturated heterocycles. The second-order valence-corrected chi connectivity index (χ2v) is 21.2. The molecule has 1 unspecified atom stereocenters. The van der Waals surface area contributed by atoms with E-state index < -0.39 is 70.5 Å². The summed E-state index contributed by atoms with van der Waals surface area (Å²) in [5.41, 5.74) is 2.59. The number of fused-ring (bicyclic) bond motifs is 2. The van der Waals surface area contributed by atoms with Gasteiger partial charge in [-0.05, 0) is 68.2 Å². The Morgan fingerprint density at radius 1 is 0.841 bits per heavy atom. The van der Waals surface area contributed by atoms with Gasteiger partial charge < -0.3 is 9.74 Å². The number of rotatable bonds is 22. The molecule has 2 aromatic rings. The number of carbonyl (C=O) groups excluding carboxylic acids is 3. The zero-order valence-corrected chi connectivity index (χ0v) is 38.0. The Balaban J connectivity index is 1.45. The fourth-order valence-electron chi connectivity index (χ4n) is 8.10. The smallest absolute Gasteiger partial charge is 0.333 e. The number of amides is 2. The first-order valence-corrected chi connectivity index (χ1v) is 25.2. The number of nitrogens with zero attached hydrogens (tertiary/aromatic N) is 3. The summed E-state index contributed by atoms with van der Waals surface area (Å²) in [4.78, 5) is 43.3. The van der Waals surface area contributed by atoms with Crippen molar-refractivity contribution in [2.75, 3.05) is 29.5 Å². The van der Waals surface area contributed by atoms with E-state index in [9.17, 15) is 53.3 Å². The number of benzene rings is 2. The topological polar surface area (TPSA) is 272 Å². The highest BCUT2D eigenvalue weighted by Gasteiger charge is 2.47. The van der Waals surface area contributed by atoms with Gasteiger partial charge in [-0.2, -0.15) is 29.8 Å². The first-order valence-electron chi connectivity index (χ1n) is 19.8. The molecule has 1 atom stereocenters. The monoisotopic (exact) mass is 956 g/mol. The van der Waals surface area contributed by atoms with E-state index in [4.69, 9.17) is 14.4 Å².